The van der Waals surface area contributed by atoms with Gasteiger partial charge in [0.05, 0.1) is 6.04 Å². The van der Waals surface area contributed by atoms with Gasteiger partial charge in [0.2, 0.25) is 0 Å². The highest BCUT2D eigenvalue weighted by Crippen LogP contribution is 2.25. The zero-order chi connectivity index (χ0) is 18.6. The van der Waals surface area contributed by atoms with Crippen LogP contribution in [0.2, 0.25) is 0 Å². The summed E-state index contributed by atoms with van der Waals surface area (Å²) in [6.45, 7) is 7.98. The summed E-state index contributed by atoms with van der Waals surface area (Å²) in [5, 5.41) is 11.6. The first kappa shape index (κ1) is 18.8. The smallest absolute Gasteiger partial charge is 0.410 e. The molecule has 138 valence electrons. The monoisotopic (exact) mass is 351 g/mol. The van der Waals surface area contributed by atoms with E-state index in [4.69, 9.17) is 20.4 Å². The summed E-state index contributed by atoms with van der Waals surface area (Å²) in [5.74, 6) is -0.129. The van der Waals surface area contributed by atoms with Crippen LogP contribution in [0.3, 0.4) is 0 Å². The number of carbonyl (C=O) groups excluding carboxylic acids is 1. The van der Waals surface area contributed by atoms with Gasteiger partial charge in [-0.05, 0) is 46.6 Å². The summed E-state index contributed by atoms with van der Waals surface area (Å²) in [5.41, 5.74) is 5.23. The standard InChI is InChI=1S/C16H25N5O4/c1-10(24-14-18-8-7-11(19-14)13(17)20-23)12-6-5-9-21(12)15(22)25-16(2,3)4/h7-8,10,12,23H,5-6,9H2,1-4H3,(H2,17,20)/t10-,12-/m0/s1. The topological polar surface area (TPSA) is 123 Å². The number of carbonyl (C=O) groups is 1. The number of hydrogen-bond acceptors (Lipinski definition) is 7. The number of hydrogen-bond donors (Lipinski definition) is 2. The fourth-order valence-corrected chi connectivity index (χ4v) is 2.66. The number of nitrogens with two attached hydrogens (primary N) is 1. The third-order valence-electron chi connectivity index (χ3n) is 3.76. The highest BCUT2D eigenvalue weighted by Gasteiger charge is 2.36. The Balaban J connectivity index is 2.07. The minimum Gasteiger partial charge on any atom is -0.458 e. The summed E-state index contributed by atoms with van der Waals surface area (Å²) in [6, 6.07) is 1.48. The molecule has 2 rings (SSSR count). The van der Waals surface area contributed by atoms with Crippen molar-refractivity contribution in [3.05, 3.63) is 18.0 Å². The van der Waals surface area contributed by atoms with Gasteiger partial charge in [-0.2, -0.15) is 4.98 Å². The number of oxime groups is 1. The van der Waals surface area contributed by atoms with Crippen LogP contribution in [0.1, 0.15) is 46.2 Å². The molecule has 3 N–H and O–H groups in total. The van der Waals surface area contributed by atoms with E-state index in [1.807, 2.05) is 27.7 Å². The first-order valence-corrected chi connectivity index (χ1v) is 8.18. The molecule has 0 radical (unpaired) electrons. The molecule has 0 aliphatic carbocycles. The van der Waals surface area contributed by atoms with Gasteiger partial charge < -0.3 is 25.3 Å². The molecule has 0 aromatic carbocycles. The predicted molar refractivity (Wildman–Crippen MR) is 90.6 cm³/mol. The molecule has 1 aliphatic heterocycles. The summed E-state index contributed by atoms with van der Waals surface area (Å²) >= 11 is 0. The molecule has 0 unspecified atom stereocenters. The van der Waals surface area contributed by atoms with Crippen LogP contribution in [0.15, 0.2) is 17.4 Å². The lowest BCUT2D eigenvalue weighted by atomic mass is 10.1. The molecule has 0 spiro atoms. The molecule has 1 aromatic heterocycles. The maximum atomic E-state index is 12.4. The highest BCUT2D eigenvalue weighted by molar-refractivity contribution is 5.95. The fourth-order valence-electron chi connectivity index (χ4n) is 2.66. The van der Waals surface area contributed by atoms with E-state index in [9.17, 15) is 4.79 Å². The normalized spacial score (nSPS) is 19.6. The molecule has 25 heavy (non-hydrogen) atoms. The van der Waals surface area contributed by atoms with Crippen LogP contribution in [0, 0.1) is 0 Å². The van der Waals surface area contributed by atoms with Crippen molar-refractivity contribution >= 4 is 11.9 Å². The lowest BCUT2D eigenvalue weighted by molar-refractivity contribution is 0.0102. The fraction of sp³-hybridized carbons (Fsp3) is 0.625. The lowest BCUT2D eigenvalue weighted by Crippen LogP contribution is -2.46. The van der Waals surface area contributed by atoms with Crippen LogP contribution in [-0.4, -0.2) is 56.3 Å². The molecule has 2 heterocycles. The molecule has 9 nitrogen and oxygen atoms in total. The van der Waals surface area contributed by atoms with Gasteiger partial charge in [-0.1, -0.05) is 5.16 Å². The number of nitrogens with zero attached hydrogens (tertiary/aromatic N) is 4. The zero-order valence-electron chi connectivity index (χ0n) is 15.0. The molecule has 1 aliphatic rings. The average Bonchev–Trinajstić information content (AvgIpc) is 3.02. The number of amidine groups is 1. The molecule has 1 fully saturated rings. The Kier molecular flexibility index (Phi) is 5.66. The minimum absolute atomic E-state index is 0.104. The zero-order valence-corrected chi connectivity index (χ0v) is 15.0. The van der Waals surface area contributed by atoms with Crippen molar-refractivity contribution in [2.45, 2.75) is 58.3 Å². The van der Waals surface area contributed by atoms with Crippen molar-refractivity contribution in [3.63, 3.8) is 0 Å². The second-order valence-electron chi connectivity index (χ2n) is 6.92. The number of aromatic nitrogens is 2. The van der Waals surface area contributed by atoms with Gasteiger partial charge in [0, 0.05) is 12.7 Å². The summed E-state index contributed by atoms with van der Waals surface area (Å²) in [6.07, 6.45) is 2.46. The van der Waals surface area contributed by atoms with E-state index >= 15 is 0 Å². The Bertz CT molecular complexity index is 644. The summed E-state index contributed by atoms with van der Waals surface area (Å²) in [7, 11) is 0. The van der Waals surface area contributed by atoms with Gasteiger partial charge in [0.15, 0.2) is 5.84 Å². The Morgan fingerprint density at radius 1 is 1.52 bits per heavy atom. The molecular formula is C16H25N5O4. The maximum Gasteiger partial charge on any atom is 0.410 e. The van der Waals surface area contributed by atoms with E-state index in [-0.39, 0.29) is 35.8 Å². The highest BCUT2D eigenvalue weighted by atomic mass is 16.6. The van der Waals surface area contributed by atoms with Crippen molar-refractivity contribution in [2.24, 2.45) is 10.9 Å². The van der Waals surface area contributed by atoms with Crippen LogP contribution < -0.4 is 10.5 Å². The van der Waals surface area contributed by atoms with Gasteiger partial charge in [0.25, 0.3) is 0 Å². The average molecular weight is 351 g/mol. The van der Waals surface area contributed by atoms with Crippen molar-refractivity contribution < 1.29 is 19.5 Å². The number of amides is 1. The Morgan fingerprint density at radius 2 is 2.24 bits per heavy atom. The number of likely N-dealkylation sites (tertiary alicyclic amines) is 1. The Hall–Kier alpha value is -2.58. The number of rotatable bonds is 4. The van der Waals surface area contributed by atoms with Crippen molar-refractivity contribution in [2.75, 3.05) is 6.54 Å². The van der Waals surface area contributed by atoms with E-state index in [0.29, 0.717) is 6.54 Å². The molecule has 0 saturated carbocycles. The van der Waals surface area contributed by atoms with E-state index < -0.39 is 5.60 Å². The Labute approximate surface area is 146 Å². The van der Waals surface area contributed by atoms with Crippen molar-refractivity contribution in [3.8, 4) is 6.01 Å². The van der Waals surface area contributed by atoms with Crippen LogP contribution in [0.5, 0.6) is 6.01 Å². The Morgan fingerprint density at radius 3 is 2.88 bits per heavy atom. The predicted octanol–water partition coefficient (Wildman–Crippen LogP) is 1.74. The van der Waals surface area contributed by atoms with Gasteiger partial charge in [0.1, 0.15) is 17.4 Å². The molecule has 0 bridgehead atoms. The molecule has 9 heteroatoms. The summed E-state index contributed by atoms with van der Waals surface area (Å²) < 4.78 is 11.2. The van der Waals surface area contributed by atoms with E-state index in [1.165, 1.54) is 12.3 Å². The molecule has 1 saturated heterocycles. The quantitative estimate of drug-likeness (QED) is 0.366. The second-order valence-corrected chi connectivity index (χ2v) is 6.92. The first-order valence-electron chi connectivity index (χ1n) is 8.18. The SMILES string of the molecule is C[C@H](Oc1nccc(/C(N)=N/O)n1)[C@@H]1CCCN1C(=O)OC(C)(C)C. The van der Waals surface area contributed by atoms with Gasteiger partial charge in [-0.15, -0.1) is 0 Å². The second kappa shape index (κ2) is 7.54. The van der Waals surface area contributed by atoms with E-state index in [0.717, 1.165) is 12.8 Å². The summed E-state index contributed by atoms with van der Waals surface area (Å²) in [4.78, 5) is 22.2. The van der Waals surface area contributed by atoms with Crippen LogP contribution in [0.25, 0.3) is 0 Å². The molecule has 2 atom stereocenters. The maximum absolute atomic E-state index is 12.4. The van der Waals surface area contributed by atoms with Gasteiger partial charge >= 0.3 is 12.1 Å². The molecule has 1 aromatic rings. The van der Waals surface area contributed by atoms with E-state index in [2.05, 4.69) is 15.1 Å². The van der Waals surface area contributed by atoms with Crippen LogP contribution >= 0.6 is 0 Å². The van der Waals surface area contributed by atoms with E-state index in [1.54, 1.807) is 4.90 Å². The third-order valence-corrected chi connectivity index (χ3v) is 3.76. The molecular weight excluding hydrogens is 326 g/mol. The lowest BCUT2D eigenvalue weighted by Gasteiger charge is -2.31. The number of ether oxygens (including phenoxy) is 2. The largest absolute Gasteiger partial charge is 0.458 e. The van der Waals surface area contributed by atoms with Gasteiger partial charge in [-0.3, -0.25) is 0 Å². The van der Waals surface area contributed by atoms with Crippen molar-refractivity contribution in [1.29, 1.82) is 0 Å². The first-order chi connectivity index (χ1) is 11.7. The minimum atomic E-state index is -0.549. The van der Waals surface area contributed by atoms with Crippen LogP contribution in [0.4, 0.5) is 4.79 Å². The van der Waals surface area contributed by atoms with Crippen molar-refractivity contribution in [1.82, 2.24) is 14.9 Å². The third kappa shape index (κ3) is 4.94. The van der Waals surface area contributed by atoms with Crippen LogP contribution in [-0.2, 0) is 4.74 Å². The molecule has 1 amide bonds. The van der Waals surface area contributed by atoms with Gasteiger partial charge in [-0.25, -0.2) is 9.78 Å².